The predicted molar refractivity (Wildman–Crippen MR) is 91.4 cm³/mol. The summed E-state index contributed by atoms with van der Waals surface area (Å²) in [7, 11) is 0. The molecule has 0 aliphatic carbocycles. The van der Waals surface area contributed by atoms with Crippen LogP contribution in [0.1, 0.15) is 77.7 Å². The lowest BCUT2D eigenvalue weighted by atomic mass is 9.79. The minimum atomic E-state index is 0.0390. The summed E-state index contributed by atoms with van der Waals surface area (Å²) in [4.78, 5) is 0. The van der Waals surface area contributed by atoms with Crippen molar-refractivity contribution >= 4 is 15.9 Å². The van der Waals surface area contributed by atoms with E-state index in [4.69, 9.17) is 0 Å². The van der Waals surface area contributed by atoms with Crippen molar-refractivity contribution in [3.05, 3.63) is 28.2 Å². The zero-order chi connectivity index (χ0) is 15.0. The van der Waals surface area contributed by atoms with Gasteiger partial charge in [0.1, 0.15) is 5.75 Å². The van der Waals surface area contributed by atoms with E-state index in [0.717, 1.165) is 16.5 Å². The van der Waals surface area contributed by atoms with E-state index in [1.165, 1.54) is 44.9 Å². The number of phenolic OH excluding ortho intramolecular Hbond substituents is 1. The van der Waals surface area contributed by atoms with E-state index in [9.17, 15) is 5.11 Å². The Hall–Kier alpha value is -0.500. The van der Waals surface area contributed by atoms with Crippen LogP contribution < -0.4 is 0 Å². The molecule has 0 aliphatic rings. The fraction of sp³-hybridized carbons (Fsp3) is 0.667. The Balaban J connectivity index is 2.39. The number of phenols is 1. The molecule has 0 amide bonds. The van der Waals surface area contributed by atoms with Gasteiger partial charge in [-0.25, -0.2) is 0 Å². The quantitative estimate of drug-likeness (QED) is 0.503. The van der Waals surface area contributed by atoms with Crippen LogP contribution >= 0.6 is 15.9 Å². The van der Waals surface area contributed by atoms with Gasteiger partial charge in [0.05, 0.1) is 0 Å². The van der Waals surface area contributed by atoms with E-state index in [0.29, 0.717) is 5.75 Å². The topological polar surface area (TPSA) is 20.2 Å². The van der Waals surface area contributed by atoms with Crippen molar-refractivity contribution in [2.45, 2.75) is 77.6 Å². The van der Waals surface area contributed by atoms with Crippen molar-refractivity contribution in [2.75, 3.05) is 0 Å². The summed E-state index contributed by atoms with van der Waals surface area (Å²) in [5.41, 5.74) is 1.09. The first-order chi connectivity index (χ1) is 9.47. The Bertz CT molecular complexity index is 398. The lowest BCUT2D eigenvalue weighted by Crippen LogP contribution is -2.17. The van der Waals surface area contributed by atoms with Crippen LogP contribution in [0.2, 0.25) is 0 Å². The smallest absolute Gasteiger partial charge is 0.119 e. The van der Waals surface area contributed by atoms with Crippen LogP contribution in [-0.2, 0) is 5.41 Å². The Labute approximate surface area is 132 Å². The first-order valence-electron chi connectivity index (χ1n) is 7.96. The molecule has 0 aromatic heterocycles. The third-order valence-electron chi connectivity index (χ3n) is 4.09. The van der Waals surface area contributed by atoms with Crippen molar-refractivity contribution in [1.29, 1.82) is 0 Å². The van der Waals surface area contributed by atoms with Gasteiger partial charge in [-0.3, -0.25) is 0 Å². The van der Waals surface area contributed by atoms with Crippen molar-refractivity contribution in [2.24, 2.45) is 0 Å². The zero-order valence-corrected chi connectivity index (χ0v) is 14.8. The maximum atomic E-state index is 10.0. The van der Waals surface area contributed by atoms with Crippen molar-refractivity contribution in [1.82, 2.24) is 0 Å². The summed E-state index contributed by atoms with van der Waals surface area (Å²) in [5, 5.41) is 10.0. The summed E-state index contributed by atoms with van der Waals surface area (Å²) in [6.45, 7) is 6.71. The molecule has 1 nitrogen and oxygen atoms in total. The standard InChI is InChI=1S/C18H29BrO/c1-4-5-6-7-8-9-10-13-18(2,3)16-14-15(19)11-12-17(16)20/h11-12,14,20H,4-10,13H2,1-3H3. The number of hydrogen-bond donors (Lipinski definition) is 1. The fourth-order valence-corrected chi connectivity index (χ4v) is 3.07. The molecule has 114 valence electrons. The maximum absolute atomic E-state index is 10.0. The van der Waals surface area contributed by atoms with E-state index < -0.39 is 0 Å². The van der Waals surface area contributed by atoms with Crippen molar-refractivity contribution in [3.63, 3.8) is 0 Å². The fourth-order valence-electron chi connectivity index (χ4n) is 2.71. The second-order valence-corrected chi connectivity index (χ2v) is 7.33. The molecule has 0 bridgehead atoms. The summed E-state index contributed by atoms with van der Waals surface area (Å²) in [5.74, 6) is 0.418. The SMILES string of the molecule is CCCCCCCCCC(C)(C)c1cc(Br)ccc1O. The summed E-state index contributed by atoms with van der Waals surface area (Å²) >= 11 is 3.49. The van der Waals surface area contributed by atoms with Gasteiger partial charge in [-0.15, -0.1) is 0 Å². The van der Waals surface area contributed by atoms with Gasteiger partial charge in [-0.05, 0) is 30.0 Å². The molecule has 0 saturated carbocycles. The average Bonchev–Trinajstić information content (AvgIpc) is 2.40. The van der Waals surface area contributed by atoms with Gasteiger partial charge in [-0.2, -0.15) is 0 Å². The highest BCUT2D eigenvalue weighted by atomic mass is 79.9. The second-order valence-electron chi connectivity index (χ2n) is 6.42. The highest BCUT2D eigenvalue weighted by molar-refractivity contribution is 9.10. The molecule has 0 heterocycles. The highest BCUT2D eigenvalue weighted by Crippen LogP contribution is 2.36. The minimum absolute atomic E-state index is 0.0390. The number of halogens is 1. The molecule has 1 N–H and O–H groups in total. The van der Waals surface area contributed by atoms with E-state index in [1.807, 2.05) is 6.07 Å². The normalized spacial score (nSPS) is 11.8. The molecule has 0 aliphatic heterocycles. The number of aromatic hydroxyl groups is 1. The lowest BCUT2D eigenvalue weighted by Gasteiger charge is -2.26. The molecule has 0 unspecified atom stereocenters. The van der Waals surface area contributed by atoms with Crippen LogP contribution in [0.25, 0.3) is 0 Å². The van der Waals surface area contributed by atoms with Gasteiger partial charge >= 0.3 is 0 Å². The van der Waals surface area contributed by atoms with Gasteiger partial charge in [-0.1, -0.05) is 81.6 Å². The molecule has 0 saturated heterocycles. The zero-order valence-electron chi connectivity index (χ0n) is 13.2. The molecule has 0 atom stereocenters. The molecule has 0 radical (unpaired) electrons. The van der Waals surface area contributed by atoms with Gasteiger partial charge in [0.25, 0.3) is 0 Å². The number of benzene rings is 1. The molecule has 1 rings (SSSR count). The molecule has 1 aromatic rings. The van der Waals surface area contributed by atoms with E-state index in [2.05, 4.69) is 42.8 Å². The Morgan fingerprint density at radius 2 is 1.60 bits per heavy atom. The average molecular weight is 341 g/mol. The molecule has 0 fully saturated rings. The number of rotatable bonds is 9. The third-order valence-corrected chi connectivity index (χ3v) is 4.59. The first kappa shape index (κ1) is 17.6. The molecule has 2 heteroatoms. The van der Waals surface area contributed by atoms with Crippen LogP contribution in [0, 0.1) is 0 Å². The van der Waals surface area contributed by atoms with Gasteiger partial charge in [0.15, 0.2) is 0 Å². The summed E-state index contributed by atoms with van der Waals surface area (Å²) < 4.78 is 1.04. The highest BCUT2D eigenvalue weighted by Gasteiger charge is 2.23. The maximum Gasteiger partial charge on any atom is 0.119 e. The first-order valence-corrected chi connectivity index (χ1v) is 8.75. The Kier molecular flexibility index (Phi) is 7.65. The van der Waals surface area contributed by atoms with Crippen molar-refractivity contribution in [3.8, 4) is 5.75 Å². The molecule has 1 aromatic carbocycles. The summed E-state index contributed by atoms with van der Waals surface area (Å²) in [6, 6.07) is 5.73. The van der Waals surface area contributed by atoms with Crippen LogP contribution in [0.5, 0.6) is 5.75 Å². The minimum Gasteiger partial charge on any atom is -0.508 e. The van der Waals surface area contributed by atoms with Crippen LogP contribution in [-0.4, -0.2) is 5.11 Å². The second kappa shape index (κ2) is 8.71. The van der Waals surface area contributed by atoms with E-state index >= 15 is 0 Å². The largest absolute Gasteiger partial charge is 0.508 e. The van der Waals surface area contributed by atoms with Gasteiger partial charge in [0.2, 0.25) is 0 Å². The van der Waals surface area contributed by atoms with Crippen LogP contribution in [0.3, 0.4) is 0 Å². The molecule has 20 heavy (non-hydrogen) atoms. The lowest BCUT2D eigenvalue weighted by molar-refractivity contribution is 0.404. The van der Waals surface area contributed by atoms with Crippen LogP contribution in [0.15, 0.2) is 22.7 Å². The Morgan fingerprint density at radius 3 is 2.25 bits per heavy atom. The number of unbranched alkanes of at least 4 members (excludes halogenated alkanes) is 6. The predicted octanol–water partition coefficient (Wildman–Crippen LogP) is 6.57. The van der Waals surface area contributed by atoms with Gasteiger partial charge < -0.3 is 5.11 Å². The molecular weight excluding hydrogens is 312 g/mol. The Morgan fingerprint density at radius 1 is 1.00 bits per heavy atom. The summed E-state index contributed by atoms with van der Waals surface area (Å²) in [6.07, 6.45) is 10.5. The van der Waals surface area contributed by atoms with Crippen LogP contribution in [0.4, 0.5) is 0 Å². The monoisotopic (exact) mass is 340 g/mol. The van der Waals surface area contributed by atoms with E-state index in [-0.39, 0.29) is 5.41 Å². The van der Waals surface area contributed by atoms with Crippen molar-refractivity contribution < 1.29 is 5.11 Å². The number of hydrogen-bond acceptors (Lipinski definition) is 1. The molecule has 0 spiro atoms. The third kappa shape index (κ3) is 5.87. The van der Waals surface area contributed by atoms with E-state index in [1.54, 1.807) is 6.07 Å². The molecular formula is C18H29BrO. The van der Waals surface area contributed by atoms with Gasteiger partial charge in [0, 0.05) is 10.0 Å².